The van der Waals surface area contributed by atoms with Gasteiger partial charge in [0.25, 0.3) is 10.1 Å². The van der Waals surface area contributed by atoms with Crippen LogP contribution in [-0.2, 0) is 14.9 Å². The maximum Gasteiger partial charge on any atom is 0.320 e. The number of nitrogens with one attached hydrogen (secondary N) is 2. The van der Waals surface area contributed by atoms with Crippen LogP contribution in [0.5, 0.6) is 0 Å². The van der Waals surface area contributed by atoms with Gasteiger partial charge in [-0.25, -0.2) is 0 Å². The second-order valence-corrected chi connectivity index (χ2v) is 5.64. The molecule has 1 aromatic rings. The highest BCUT2D eigenvalue weighted by Gasteiger charge is 2.09. The Morgan fingerprint density at radius 3 is 2.23 bits per heavy atom. The van der Waals surface area contributed by atoms with Crippen LogP contribution in [0.1, 0.15) is 12.8 Å². The Labute approximate surface area is 128 Å². The minimum Gasteiger partial charge on any atom is -0.480 e. The molecule has 9 nitrogen and oxygen atoms in total. The molecule has 0 amide bonds. The zero-order valence-electron chi connectivity index (χ0n) is 11.8. The minimum absolute atomic E-state index is 0.0741. The molecule has 0 radical (unpaired) electrons. The summed E-state index contributed by atoms with van der Waals surface area (Å²) in [5, 5.41) is 17.7. The van der Waals surface area contributed by atoms with Gasteiger partial charge in [-0.15, -0.1) is 0 Å². The highest BCUT2D eigenvalue weighted by atomic mass is 32.2. The summed E-state index contributed by atoms with van der Waals surface area (Å²) in [5.41, 5.74) is 10.2. The molecular weight excluding hydrogens is 312 g/mol. The first-order chi connectivity index (χ1) is 10.1. The van der Waals surface area contributed by atoms with E-state index in [1.807, 2.05) is 0 Å². The molecule has 0 saturated carbocycles. The molecule has 10 heteroatoms. The van der Waals surface area contributed by atoms with E-state index in [9.17, 15) is 13.2 Å². The monoisotopic (exact) mass is 332 g/mol. The van der Waals surface area contributed by atoms with Crippen LogP contribution < -0.4 is 16.8 Å². The molecule has 0 saturated heterocycles. The fourth-order valence-corrected chi connectivity index (χ4v) is 1.76. The SMILES string of the molecule is N=C(N)NCCC[C@H](N)C(=O)O.O=S(=O)(O)c1ccccc1. The largest absolute Gasteiger partial charge is 0.480 e. The van der Waals surface area contributed by atoms with Crippen LogP contribution in [-0.4, -0.2) is 42.6 Å². The topological polar surface area (TPSA) is 180 Å². The zero-order chi connectivity index (χ0) is 17.2. The maximum absolute atomic E-state index is 10.4. The van der Waals surface area contributed by atoms with Crippen molar-refractivity contribution in [3.63, 3.8) is 0 Å². The van der Waals surface area contributed by atoms with Crippen LogP contribution in [0.2, 0.25) is 0 Å². The van der Waals surface area contributed by atoms with Gasteiger partial charge < -0.3 is 21.9 Å². The molecule has 0 aliphatic rings. The first-order valence-electron chi connectivity index (χ1n) is 6.23. The summed E-state index contributed by atoms with van der Waals surface area (Å²) < 4.78 is 29.2. The number of benzene rings is 1. The molecule has 0 unspecified atom stereocenters. The van der Waals surface area contributed by atoms with Gasteiger partial charge in [0.2, 0.25) is 0 Å². The van der Waals surface area contributed by atoms with Crippen LogP contribution in [0.4, 0.5) is 0 Å². The second kappa shape index (κ2) is 9.71. The van der Waals surface area contributed by atoms with Crippen LogP contribution >= 0.6 is 0 Å². The number of guanidine groups is 1. The third-order valence-electron chi connectivity index (χ3n) is 2.37. The fraction of sp³-hybridized carbons (Fsp3) is 0.333. The first kappa shape index (κ1) is 19.8. The third-order valence-corrected chi connectivity index (χ3v) is 3.23. The van der Waals surface area contributed by atoms with E-state index in [0.717, 1.165) is 0 Å². The summed E-state index contributed by atoms with van der Waals surface area (Å²) >= 11 is 0. The van der Waals surface area contributed by atoms with Gasteiger partial charge in [0.05, 0.1) is 4.90 Å². The van der Waals surface area contributed by atoms with Gasteiger partial charge in [0.15, 0.2) is 5.96 Å². The minimum atomic E-state index is -4.00. The highest BCUT2D eigenvalue weighted by Crippen LogP contribution is 2.05. The van der Waals surface area contributed by atoms with Crippen LogP contribution in [0.15, 0.2) is 35.2 Å². The molecule has 0 aliphatic heterocycles. The van der Waals surface area contributed by atoms with Crippen LogP contribution in [0, 0.1) is 5.41 Å². The first-order valence-corrected chi connectivity index (χ1v) is 7.67. The Kier molecular flexibility index (Phi) is 8.75. The van der Waals surface area contributed by atoms with Gasteiger partial charge in [-0.1, -0.05) is 18.2 Å². The van der Waals surface area contributed by atoms with Crippen molar-refractivity contribution in [1.29, 1.82) is 5.41 Å². The lowest BCUT2D eigenvalue weighted by atomic mass is 10.2. The molecule has 0 fully saturated rings. The number of carboxylic acids is 1. The molecule has 0 heterocycles. The van der Waals surface area contributed by atoms with E-state index in [4.69, 9.17) is 26.5 Å². The van der Waals surface area contributed by atoms with Crippen molar-refractivity contribution in [2.75, 3.05) is 6.54 Å². The van der Waals surface area contributed by atoms with E-state index in [1.165, 1.54) is 12.1 Å². The second-order valence-electron chi connectivity index (χ2n) is 4.22. The quantitative estimate of drug-likeness (QED) is 0.176. The molecular formula is C12H20N4O5S. The standard InChI is InChI=1S/C6H14N4O2.C6H6O3S/c7-4(5(11)12)2-1-3-10-6(8)9;7-10(8,9)6-4-2-1-3-5-6/h4H,1-3,7H2,(H,11,12)(H4,8,9,10);1-5H,(H,7,8,9)/t4-;/m0./s1. The summed E-state index contributed by atoms with van der Waals surface area (Å²) in [7, 11) is -4.00. The van der Waals surface area contributed by atoms with Crippen molar-refractivity contribution in [2.45, 2.75) is 23.8 Å². The average Bonchev–Trinajstić information content (AvgIpc) is 2.44. The average molecular weight is 332 g/mol. The van der Waals surface area contributed by atoms with Gasteiger partial charge in [-0.2, -0.15) is 8.42 Å². The summed E-state index contributed by atoms with van der Waals surface area (Å²) in [6.45, 7) is 0.482. The van der Waals surface area contributed by atoms with Crippen molar-refractivity contribution < 1.29 is 22.9 Å². The molecule has 22 heavy (non-hydrogen) atoms. The van der Waals surface area contributed by atoms with Crippen molar-refractivity contribution >= 4 is 22.0 Å². The van der Waals surface area contributed by atoms with Gasteiger partial charge in [-0.05, 0) is 25.0 Å². The Morgan fingerprint density at radius 2 is 1.86 bits per heavy atom. The molecule has 0 spiro atoms. The molecule has 1 atom stereocenters. The number of nitrogens with two attached hydrogens (primary N) is 2. The number of aliphatic carboxylic acids is 1. The Bertz CT molecular complexity index is 576. The highest BCUT2D eigenvalue weighted by molar-refractivity contribution is 7.85. The lowest BCUT2D eigenvalue weighted by molar-refractivity contribution is -0.138. The van der Waals surface area contributed by atoms with E-state index >= 15 is 0 Å². The predicted octanol–water partition coefficient (Wildman–Crippen LogP) is -0.405. The van der Waals surface area contributed by atoms with E-state index in [0.29, 0.717) is 19.4 Å². The Hall–Kier alpha value is -2.17. The van der Waals surface area contributed by atoms with E-state index < -0.39 is 22.1 Å². The number of carboxylic acid groups (broad SMARTS) is 1. The number of rotatable bonds is 6. The molecule has 1 aromatic carbocycles. The summed E-state index contributed by atoms with van der Waals surface area (Å²) in [5.74, 6) is -1.11. The lowest BCUT2D eigenvalue weighted by Gasteiger charge is -2.06. The smallest absolute Gasteiger partial charge is 0.320 e. The number of carbonyl (C=O) groups is 1. The Morgan fingerprint density at radius 1 is 1.32 bits per heavy atom. The Balaban J connectivity index is 0.000000406. The van der Waals surface area contributed by atoms with E-state index in [2.05, 4.69) is 5.32 Å². The lowest BCUT2D eigenvalue weighted by Crippen LogP contribution is -2.34. The third kappa shape index (κ3) is 9.69. The molecule has 1 rings (SSSR count). The van der Waals surface area contributed by atoms with Crippen molar-refractivity contribution in [1.82, 2.24) is 5.32 Å². The van der Waals surface area contributed by atoms with Gasteiger partial charge in [0, 0.05) is 6.54 Å². The van der Waals surface area contributed by atoms with Crippen LogP contribution in [0.25, 0.3) is 0 Å². The fourth-order valence-electron chi connectivity index (χ4n) is 1.26. The molecule has 8 N–H and O–H groups in total. The maximum atomic E-state index is 10.4. The van der Waals surface area contributed by atoms with Gasteiger partial charge in [-0.3, -0.25) is 14.8 Å². The number of hydrogen-bond acceptors (Lipinski definition) is 5. The van der Waals surface area contributed by atoms with Gasteiger partial charge >= 0.3 is 5.97 Å². The molecule has 124 valence electrons. The van der Waals surface area contributed by atoms with E-state index in [-0.39, 0.29) is 10.9 Å². The summed E-state index contributed by atoms with van der Waals surface area (Å²) in [6.07, 6.45) is 0.975. The zero-order valence-corrected chi connectivity index (χ0v) is 12.6. The van der Waals surface area contributed by atoms with Gasteiger partial charge in [0.1, 0.15) is 6.04 Å². The normalized spacial score (nSPS) is 11.7. The number of hydrogen-bond donors (Lipinski definition) is 6. The van der Waals surface area contributed by atoms with Crippen molar-refractivity contribution in [2.24, 2.45) is 11.5 Å². The summed E-state index contributed by atoms with van der Waals surface area (Å²) in [6, 6.07) is 6.60. The summed E-state index contributed by atoms with van der Waals surface area (Å²) in [4.78, 5) is 10.1. The van der Waals surface area contributed by atoms with Crippen molar-refractivity contribution in [3.8, 4) is 0 Å². The molecule has 0 bridgehead atoms. The predicted molar refractivity (Wildman–Crippen MR) is 81.0 cm³/mol. The molecule has 0 aromatic heterocycles. The molecule has 0 aliphatic carbocycles. The van der Waals surface area contributed by atoms with Crippen molar-refractivity contribution in [3.05, 3.63) is 30.3 Å². The van der Waals surface area contributed by atoms with Crippen LogP contribution in [0.3, 0.4) is 0 Å². The van der Waals surface area contributed by atoms with E-state index in [1.54, 1.807) is 18.2 Å².